The Morgan fingerprint density at radius 3 is 2.45 bits per heavy atom. The number of nitrogens with one attached hydrogen (secondary N) is 1. The highest BCUT2D eigenvalue weighted by Gasteiger charge is 2.51. The predicted molar refractivity (Wildman–Crippen MR) is 149 cm³/mol. The van der Waals surface area contributed by atoms with Gasteiger partial charge in [0.05, 0.1) is 28.7 Å². The third-order valence-electron chi connectivity index (χ3n) is 7.15. The van der Waals surface area contributed by atoms with Crippen LogP contribution in [0.15, 0.2) is 40.6 Å². The van der Waals surface area contributed by atoms with Crippen molar-refractivity contribution in [1.29, 1.82) is 0 Å². The molecule has 0 aliphatic carbocycles. The largest absolute Gasteiger partial charge is 0.388 e. The monoisotopic (exact) mass is 572 g/mol. The molecule has 0 spiro atoms. The summed E-state index contributed by atoms with van der Waals surface area (Å²) in [6.07, 6.45) is -1.23. The molecule has 1 aliphatic heterocycles. The number of aliphatic hydroxyl groups excluding tert-OH is 1. The first-order valence-electron chi connectivity index (χ1n) is 13.5. The molecule has 40 heavy (non-hydrogen) atoms. The molecule has 11 heteroatoms. The SMILES string of the molecule is Cc1c[n+]([C@H](C(=O)N2C[C@H](O)[C@H](F)[C@H]2C(=O)N[C@@H](CC(C)(C)C)c2ccc(-c3scnc3C)cc2)C(C)C)on1. The normalized spacial score (nSPS) is 21.1. The van der Waals surface area contributed by atoms with E-state index in [-0.39, 0.29) is 17.9 Å². The van der Waals surface area contributed by atoms with E-state index >= 15 is 4.39 Å². The number of aryl methyl sites for hydroxylation is 2. The lowest BCUT2D eigenvalue weighted by molar-refractivity contribution is -0.884. The highest BCUT2D eigenvalue weighted by molar-refractivity contribution is 7.13. The van der Waals surface area contributed by atoms with E-state index in [1.54, 1.807) is 24.5 Å². The smallest absolute Gasteiger partial charge is 0.273 e. The van der Waals surface area contributed by atoms with Crippen LogP contribution in [0.2, 0.25) is 0 Å². The summed E-state index contributed by atoms with van der Waals surface area (Å²) >= 11 is 1.57. The number of thiazole rings is 1. The number of rotatable bonds is 8. The molecule has 2 aromatic heterocycles. The summed E-state index contributed by atoms with van der Waals surface area (Å²) in [6.45, 7) is 13.3. The van der Waals surface area contributed by atoms with Crippen LogP contribution in [0.5, 0.6) is 0 Å². The first-order chi connectivity index (χ1) is 18.8. The van der Waals surface area contributed by atoms with Gasteiger partial charge >= 0.3 is 0 Å². The lowest BCUT2D eigenvalue weighted by Gasteiger charge is -2.31. The molecule has 5 atom stereocenters. The van der Waals surface area contributed by atoms with E-state index < -0.39 is 42.2 Å². The van der Waals surface area contributed by atoms with Crippen LogP contribution in [0.25, 0.3) is 10.4 Å². The summed E-state index contributed by atoms with van der Waals surface area (Å²) in [7, 11) is 0. The molecular formula is C29H39FN5O4S+. The number of halogens is 1. The lowest BCUT2D eigenvalue weighted by Crippen LogP contribution is -2.56. The van der Waals surface area contributed by atoms with E-state index in [2.05, 4.69) is 36.2 Å². The minimum atomic E-state index is -1.93. The molecule has 3 heterocycles. The molecule has 0 saturated carbocycles. The van der Waals surface area contributed by atoms with Crippen LogP contribution in [0.4, 0.5) is 4.39 Å². The quantitative estimate of drug-likeness (QED) is 0.393. The van der Waals surface area contributed by atoms with Gasteiger partial charge in [-0.15, -0.1) is 11.3 Å². The van der Waals surface area contributed by atoms with Gasteiger partial charge in [0.25, 0.3) is 5.91 Å². The van der Waals surface area contributed by atoms with Gasteiger partial charge in [0.1, 0.15) is 12.1 Å². The number of β-amino-alcohol motifs (C(OH)–C–C–N with tert-alkyl or cyclic N) is 1. The number of carbonyl (C=O) groups excluding carboxylic acids is 2. The van der Waals surface area contributed by atoms with Crippen LogP contribution in [0, 0.1) is 25.2 Å². The Kier molecular flexibility index (Phi) is 8.75. The molecule has 1 aliphatic rings. The molecule has 2 N–H and O–H groups in total. The number of amides is 2. The zero-order chi connectivity index (χ0) is 29.4. The predicted octanol–water partition coefficient (Wildman–Crippen LogP) is 4.10. The van der Waals surface area contributed by atoms with E-state index in [9.17, 15) is 14.7 Å². The van der Waals surface area contributed by atoms with Gasteiger partial charge < -0.3 is 15.3 Å². The zero-order valence-corrected chi connectivity index (χ0v) is 24.9. The summed E-state index contributed by atoms with van der Waals surface area (Å²) in [5.74, 6) is -1.39. The Morgan fingerprint density at radius 2 is 1.93 bits per heavy atom. The Balaban J connectivity index is 1.60. The molecule has 4 rings (SSSR count). The van der Waals surface area contributed by atoms with Gasteiger partial charge in [-0.2, -0.15) is 0 Å². The number of likely N-dealkylation sites (tertiary alicyclic amines) is 1. The maximum Gasteiger partial charge on any atom is 0.273 e. The fourth-order valence-corrected chi connectivity index (χ4v) is 6.02. The topological polar surface area (TPSA) is 112 Å². The van der Waals surface area contributed by atoms with Crippen molar-refractivity contribution >= 4 is 23.2 Å². The average molecular weight is 573 g/mol. The Morgan fingerprint density at radius 1 is 1.25 bits per heavy atom. The second kappa shape index (κ2) is 11.7. The molecule has 216 valence electrons. The van der Waals surface area contributed by atoms with Crippen molar-refractivity contribution < 1.29 is 28.5 Å². The minimum Gasteiger partial charge on any atom is -0.388 e. The molecule has 0 bridgehead atoms. The number of aromatic nitrogens is 3. The molecule has 1 aromatic carbocycles. The van der Waals surface area contributed by atoms with Crippen molar-refractivity contribution in [1.82, 2.24) is 20.4 Å². The first-order valence-corrected chi connectivity index (χ1v) is 14.4. The van der Waals surface area contributed by atoms with E-state index in [0.717, 1.165) is 26.6 Å². The first kappa shape index (κ1) is 29.8. The van der Waals surface area contributed by atoms with Gasteiger partial charge in [0, 0.05) is 12.8 Å². The zero-order valence-electron chi connectivity index (χ0n) is 24.1. The van der Waals surface area contributed by atoms with E-state index in [1.807, 2.05) is 50.5 Å². The fourth-order valence-electron chi connectivity index (χ4n) is 5.21. The van der Waals surface area contributed by atoms with E-state index in [4.69, 9.17) is 4.63 Å². The van der Waals surface area contributed by atoms with Gasteiger partial charge in [-0.25, -0.2) is 9.37 Å². The van der Waals surface area contributed by atoms with Crippen LogP contribution < -0.4 is 10.1 Å². The summed E-state index contributed by atoms with van der Waals surface area (Å²) < 4.78 is 22.0. The maximum atomic E-state index is 15.4. The standard InChI is InChI=1S/C29H38FN5O4S/c1-16(2)24(35-13-17(3)33-39-35)28(38)34-14-22(36)23(30)25(34)27(37)32-21(12-29(5,6)7)19-8-10-20(11-9-19)26-18(4)31-15-40-26/h8-11,13,15-16,21-25,36H,12,14H2,1-7H3/p+1/t21-,22-,23-,24-,25-/m0/s1. The summed E-state index contributed by atoms with van der Waals surface area (Å²) in [6, 6.07) is 5.16. The van der Waals surface area contributed by atoms with Crippen molar-refractivity contribution in [2.45, 2.75) is 85.3 Å². The van der Waals surface area contributed by atoms with Crippen molar-refractivity contribution in [2.24, 2.45) is 11.3 Å². The molecule has 2 amide bonds. The number of alkyl halides is 1. The highest BCUT2D eigenvalue weighted by atomic mass is 32.1. The van der Waals surface area contributed by atoms with Gasteiger partial charge in [-0.3, -0.25) is 9.59 Å². The van der Waals surface area contributed by atoms with Crippen molar-refractivity contribution in [3.8, 4) is 10.4 Å². The third-order valence-corrected chi connectivity index (χ3v) is 8.12. The molecule has 1 saturated heterocycles. The molecule has 0 radical (unpaired) electrons. The van der Waals surface area contributed by atoms with Gasteiger partial charge in [-0.1, -0.05) is 68.3 Å². The summed E-state index contributed by atoms with van der Waals surface area (Å²) in [4.78, 5) is 34.0. The molecule has 0 unspecified atom stereocenters. The van der Waals surface area contributed by atoms with Gasteiger partial charge in [0.2, 0.25) is 17.6 Å². The second-order valence-corrected chi connectivity index (χ2v) is 13.0. The van der Waals surface area contributed by atoms with Crippen molar-refractivity contribution in [3.63, 3.8) is 0 Å². The van der Waals surface area contributed by atoms with Crippen LogP contribution in [0.3, 0.4) is 0 Å². The lowest BCUT2D eigenvalue weighted by atomic mass is 9.85. The Labute approximate surface area is 238 Å². The van der Waals surface area contributed by atoms with Crippen LogP contribution in [-0.4, -0.2) is 56.8 Å². The highest BCUT2D eigenvalue weighted by Crippen LogP contribution is 2.34. The van der Waals surface area contributed by atoms with Crippen LogP contribution in [-0.2, 0) is 9.59 Å². The second-order valence-electron chi connectivity index (χ2n) is 12.2. The van der Waals surface area contributed by atoms with Crippen molar-refractivity contribution in [2.75, 3.05) is 6.54 Å². The molecule has 3 aromatic rings. The number of nitrogens with zero attached hydrogens (tertiary/aromatic N) is 4. The van der Waals surface area contributed by atoms with E-state index in [0.29, 0.717) is 12.1 Å². The Bertz CT molecular complexity index is 1330. The Hall–Kier alpha value is -3.18. The fraction of sp³-hybridized carbons (Fsp3) is 0.552. The third kappa shape index (κ3) is 6.41. The minimum absolute atomic E-state index is 0.159. The number of benzene rings is 1. The number of aliphatic hydroxyl groups is 1. The number of carbonyl (C=O) groups is 2. The van der Waals surface area contributed by atoms with E-state index in [1.165, 1.54) is 4.74 Å². The van der Waals surface area contributed by atoms with Crippen LogP contribution in [0.1, 0.15) is 70.1 Å². The molecular weight excluding hydrogens is 533 g/mol. The summed E-state index contributed by atoms with van der Waals surface area (Å²) in [5, 5.41) is 17.3. The molecule has 1 fully saturated rings. The van der Waals surface area contributed by atoms with Crippen molar-refractivity contribution in [3.05, 3.63) is 52.9 Å². The number of hydrogen-bond donors (Lipinski definition) is 2. The summed E-state index contributed by atoms with van der Waals surface area (Å²) in [5.41, 5.74) is 5.09. The number of hydrogen-bond acceptors (Lipinski definition) is 7. The molecule has 9 nitrogen and oxygen atoms in total. The van der Waals surface area contributed by atoms with Gasteiger partial charge in [-0.05, 0) is 29.9 Å². The van der Waals surface area contributed by atoms with Crippen LogP contribution >= 0.6 is 11.3 Å². The maximum absolute atomic E-state index is 15.4. The van der Waals surface area contributed by atoms with Gasteiger partial charge in [0.15, 0.2) is 17.5 Å². The average Bonchev–Trinajstić information content (AvgIpc) is 3.57.